The summed E-state index contributed by atoms with van der Waals surface area (Å²) in [7, 11) is 2.72. The lowest BCUT2D eigenvalue weighted by Crippen LogP contribution is -2.49. The number of carbonyl (C=O) groups excluding carboxylic acids is 3. The molecule has 4 rings (SSSR count). The largest absolute Gasteiger partial charge is 0.494 e. The van der Waals surface area contributed by atoms with E-state index in [2.05, 4.69) is 20.9 Å². The Morgan fingerprint density at radius 3 is 2.50 bits per heavy atom. The van der Waals surface area contributed by atoms with Crippen molar-refractivity contribution >= 4 is 41.5 Å². The second kappa shape index (κ2) is 14.4. The van der Waals surface area contributed by atoms with E-state index in [1.807, 2.05) is 0 Å². The quantitative estimate of drug-likeness (QED) is 0.231. The molecule has 15 heteroatoms. The lowest BCUT2D eigenvalue weighted by Gasteiger charge is -2.34. The summed E-state index contributed by atoms with van der Waals surface area (Å²) in [6, 6.07) is 6.86. The topological polar surface area (TPSA) is 178 Å². The predicted molar refractivity (Wildman–Crippen MR) is 149 cm³/mol. The molecule has 0 saturated heterocycles. The molecule has 1 heterocycles. The van der Waals surface area contributed by atoms with Gasteiger partial charge in [-0.05, 0) is 43.2 Å². The maximum absolute atomic E-state index is 14.6. The molecule has 3 aromatic rings. The highest BCUT2D eigenvalue weighted by atomic mass is 35.5. The van der Waals surface area contributed by atoms with Crippen molar-refractivity contribution < 1.29 is 37.8 Å². The lowest BCUT2D eigenvalue weighted by molar-refractivity contribution is -0.128. The number of hydrogen-bond acceptors (Lipinski definition) is 7. The van der Waals surface area contributed by atoms with Crippen LogP contribution in [0.25, 0.3) is 11.3 Å². The predicted octanol–water partition coefficient (Wildman–Crippen LogP) is 2.56. The Bertz CT molecular complexity index is 1480. The van der Waals surface area contributed by atoms with Gasteiger partial charge in [-0.2, -0.15) is 4.39 Å². The third-order valence-electron chi connectivity index (χ3n) is 6.49. The third kappa shape index (κ3) is 7.19. The van der Waals surface area contributed by atoms with Gasteiger partial charge in [0, 0.05) is 43.3 Å². The molecule has 1 aliphatic carbocycles. The summed E-state index contributed by atoms with van der Waals surface area (Å²) in [5, 5.41) is 15.2. The maximum atomic E-state index is 14.6. The van der Waals surface area contributed by atoms with E-state index in [0.29, 0.717) is 31.6 Å². The molecule has 2 aromatic carbocycles. The van der Waals surface area contributed by atoms with E-state index in [9.17, 15) is 23.2 Å². The van der Waals surface area contributed by atoms with Gasteiger partial charge in [0.05, 0.1) is 29.6 Å². The minimum absolute atomic E-state index is 0.0615. The number of halogens is 3. The second-order valence-corrected chi connectivity index (χ2v) is 9.55. The summed E-state index contributed by atoms with van der Waals surface area (Å²) >= 11 is 6.31. The van der Waals surface area contributed by atoms with Gasteiger partial charge in [0.1, 0.15) is 0 Å². The van der Waals surface area contributed by atoms with Crippen molar-refractivity contribution in [1.29, 1.82) is 0 Å². The fourth-order valence-corrected chi connectivity index (χ4v) is 4.54. The highest BCUT2D eigenvalue weighted by molar-refractivity contribution is 6.34. The molecule has 0 spiro atoms. The molecule has 1 saturated carbocycles. The Hall–Kier alpha value is -4.56. The lowest BCUT2D eigenvalue weighted by atomic mass is 9.79. The number of rotatable bonds is 9. The zero-order chi connectivity index (χ0) is 31.0. The highest BCUT2D eigenvalue weighted by Gasteiger charge is 2.35. The van der Waals surface area contributed by atoms with Gasteiger partial charge in [0.2, 0.25) is 11.7 Å². The van der Waals surface area contributed by atoms with Crippen molar-refractivity contribution in [2.24, 2.45) is 18.7 Å². The monoisotopic (exact) mass is 606 g/mol. The van der Waals surface area contributed by atoms with Gasteiger partial charge in [-0.15, -0.1) is 0 Å². The molecule has 0 bridgehead atoms. The molecule has 3 amide bonds. The first-order valence-electron chi connectivity index (χ1n) is 12.6. The van der Waals surface area contributed by atoms with E-state index in [-0.39, 0.29) is 57.8 Å². The standard InChI is InChI=1S/C26H27ClF2N6O4.CH2O2/c1-35-19(17-5-6-20(39-2)22(29)21(17)28)12-32-23(35)26(38)33-14-3-4-16(18(27)11-14)25(37)34-15-9-13(10-15)24(36)31-8-7-30;2-1-3/h3-6,11-13,15H,7-10,30H2,1-2H3,(H,31,36)(H,33,38)(H,34,37);1H,(H,2,3). The summed E-state index contributed by atoms with van der Waals surface area (Å²) in [6.07, 6.45) is 2.30. The molecule has 42 heavy (non-hydrogen) atoms. The maximum Gasteiger partial charge on any atom is 0.291 e. The molecule has 0 unspecified atom stereocenters. The fraction of sp³-hybridized carbons (Fsp3) is 0.296. The van der Waals surface area contributed by atoms with Crippen molar-refractivity contribution in [1.82, 2.24) is 20.2 Å². The number of nitrogens with one attached hydrogen (secondary N) is 3. The van der Waals surface area contributed by atoms with Crippen LogP contribution >= 0.6 is 11.6 Å². The van der Waals surface area contributed by atoms with Crippen LogP contribution < -0.4 is 26.4 Å². The zero-order valence-corrected chi connectivity index (χ0v) is 23.4. The highest BCUT2D eigenvalue weighted by Crippen LogP contribution is 2.31. The van der Waals surface area contributed by atoms with E-state index in [0.717, 1.165) is 0 Å². The number of methoxy groups -OCH3 is 1. The molecule has 1 fully saturated rings. The summed E-state index contributed by atoms with van der Waals surface area (Å²) in [5.74, 6) is -3.84. The first kappa shape index (κ1) is 32.0. The normalized spacial score (nSPS) is 15.4. The summed E-state index contributed by atoms with van der Waals surface area (Å²) in [4.78, 5) is 49.9. The van der Waals surface area contributed by atoms with E-state index in [4.69, 9.17) is 32.0 Å². The molecule has 0 atom stereocenters. The van der Waals surface area contributed by atoms with Crippen LogP contribution in [0.5, 0.6) is 5.75 Å². The van der Waals surface area contributed by atoms with Gasteiger partial charge >= 0.3 is 0 Å². The SMILES string of the molecule is COc1ccc(-c2cnc(C(=O)Nc3ccc(C(=O)NC4CC(C(=O)NCCN)C4)c(Cl)c3)n2C)c(F)c1F.O=CO. The molecule has 1 aliphatic rings. The van der Waals surface area contributed by atoms with E-state index >= 15 is 0 Å². The Labute approximate surface area is 244 Å². The number of imidazole rings is 1. The first-order chi connectivity index (χ1) is 20.1. The number of benzene rings is 2. The number of carboxylic acid groups (broad SMARTS) is 1. The third-order valence-corrected chi connectivity index (χ3v) is 6.81. The van der Waals surface area contributed by atoms with Gasteiger partial charge < -0.3 is 36.1 Å². The van der Waals surface area contributed by atoms with Crippen molar-refractivity contribution in [3.8, 4) is 17.0 Å². The number of carbonyl (C=O) groups is 4. The minimum atomic E-state index is -1.15. The molecule has 6 N–H and O–H groups in total. The van der Waals surface area contributed by atoms with Gasteiger partial charge in [0.25, 0.3) is 18.3 Å². The molecule has 12 nitrogen and oxygen atoms in total. The average molecular weight is 607 g/mol. The van der Waals surface area contributed by atoms with Crippen LogP contribution in [0.1, 0.15) is 33.8 Å². The number of aromatic nitrogens is 2. The van der Waals surface area contributed by atoms with Gasteiger partial charge in [0.15, 0.2) is 17.4 Å². The van der Waals surface area contributed by atoms with E-state index < -0.39 is 23.4 Å². The number of amides is 3. The molecule has 0 radical (unpaired) electrons. The first-order valence-corrected chi connectivity index (χ1v) is 12.9. The number of nitrogens with two attached hydrogens (primary N) is 1. The van der Waals surface area contributed by atoms with Gasteiger partial charge in [-0.3, -0.25) is 19.2 Å². The van der Waals surface area contributed by atoms with E-state index in [1.165, 1.54) is 55.3 Å². The van der Waals surface area contributed by atoms with Crippen LogP contribution in [0.3, 0.4) is 0 Å². The molecular weight excluding hydrogens is 578 g/mol. The van der Waals surface area contributed by atoms with Crippen LogP contribution in [-0.2, 0) is 16.6 Å². The number of anilines is 1. The van der Waals surface area contributed by atoms with E-state index in [1.54, 1.807) is 0 Å². The Morgan fingerprint density at radius 2 is 1.88 bits per heavy atom. The van der Waals surface area contributed by atoms with Crippen LogP contribution in [0, 0.1) is 17.6 Å². The Balaban J connectivity index is 0.00000155. The summed E-state index contributed by atoms with van der Waals surface area (Å²) < 4.78 is 34.8. The van der Waals surface area contributed by atoms with Crippen LogP contribution in [0.15, 0.2) is 36.5 Å². The smallest absolute Gasteiger partial charge is 0.291 e. The van der Waals surface area contributed by atoms with Gasteiger partial charge in [-0.25, -0.2) is 9.37 Å². The van der Waals surface area contributed by atoms with Crippen molar-refractivity contribution in [3.63, 3.8) is 0 Å². The fourth-order valence-electron chi connectivity index (χ4n) is 4.27. The van der Waals surface area contributed by atoms with Crippen molar-refractivity contribution in [2.75, 3.05) is 25.5 Å². The molecule has 224 valence electrons. The van der Waals surface area contributed by atoms with Crippen LogP contribution in [0.2, 0.25) is 5.02 Å². The zero-order valence-electron chi connectivity index (χ0n) is 22.6. The average Bonchev–Trinajstić information content (AvgIpc) is 3.32. The van der Waals surface area contributed by atoms with Crippen molar-refractivity contribution in [2.45, 2.75) is 18.9 Å². The summed E-state index contributed by atoms with van der Waals surface area (Å²) in [6.45, 7) is 0.522. The Morgan fingerprint density at radius 1 is 1.19 bits per heavy atom. The van der Waals surface area contributed by atoms with Crippen molar-refractivity contribution in [3.05, 3.63) is 64.6 Å². The molecular formula is C27H29ClF2N6O6. The molecule has 0 aliphatic heterocycles. The van der Waals surface area contributed by atoms with Crippen LogP contribution in [-0.4, -0.2) is 65.1 Å². The second-order valence-electron chi connectivity index (χ2n) is 9.14. The number of ether oxygens (including phenoxy) is 1. The van der Waals surface area contributed by atoms with Crippen LogP contribution in [0.4, 0.5) is 14.5 Å². The molecule has 1 aromatic heterocycles. The minimum Gasteiger partial charge on any atom is -0.494 e. The Kier molecular flexibility index (Phi) is 10.9. The number of nitrogens with zero attached hydrogens (tertiary/aromatic N) is 2. The number of hydrogen-bond donors (Lipinski definition) is 5. The summed E-state index contributed by atoms with van der Waals surface area (Å²) in [5.41, 5.74) is 5.98. The van der Waals surface area contributed by atoms with Gasteiger partial charge in [-0.1, -0.05) is 11.6 Å².